The predicted octanol–water partition coefficient (Wildman–Crippen LogP) is 1.65. The molecule has 1 N–H and O–H groups in total. The highest BCUT2D eigenvalue weighted by Gasteiger charge is 2.22. The van der Waals surface area contributed by atoms with Crippen molar-refractivity contribution in [1.29, 1.82) is 0 Å². The third-order valence-corrected chi connectivity index (χ3v) is 4.87. The molecule has 2 amide bonds. The number of benzene rings is 1. The molecule has 1 aromatic heterocycles. The summed E-state index contributed by atoms with van der Waals surface area (Å²) in [5.41, 5.74) is 1.53. The second kappa shape index (κ2) is 8.81. The van der Waals surface area contributed by atoms with E-state index < -0.39 is 0 Å². The number of carbonyl (C=O) groups is 1. The maximum Gasteiger partial charge on any atom is 0.317 e. The third kappa shape index (κ3) is 4.95. The van der Waals surface area contributed by atoms with Gasteiger partial charge in [-0.05, 0) is 19.9 Å². The van der Waals surface area contributed by atoms with Crippen LogP contribution in [0.15, 0.2) is 47.3 Å². The van der Waals surface area contributed by atoms with Gasteiger partial charge in [0, 0.05) is 50.4 Å². The molecular weight excluding hydrogens is 342 g/mol. The zero-order valence-electron chi connectivity index (χ0n) is 16.0. The summed E-state index contributed by atoms with van der Waals surface area (Å²) in [6, 6.07) is 13.4. The lowest BCUT2D eigenvalue weighted by molar-refractivity contribution is 0.119. The van der Waals surface area contributed by atoms with Crippen LogP contribution in [0.3, 0.4) is 0 Å². The molecule has 0 bridgehead atoms. The fraction of sp³-hybridized carbons (Fsp3) is 0.450. The average Bonchev–Trinajstić information content (AvgIpc) is 2.70. The molecule has 0 radical (unpaired) electrons. The summed E-state index contributed by atoms with van der Waals surface area (Å²) < 4.78 is 1.40. The number of nitrogens with zero attached hydrogens (tertiary/aromatic N) is 4. The topological polar surface area (TPSA) is 70.5 Å². The fourth-order valence-corrected chi connectivity index (χ4v) is 3.19. The van der Waals surface area contributed by atoms with Crippen LogP contribution in [-0.4, -0.2) is 64.4 Å². The van der Waals surface area contributed by atoms with E-state index in [4.69, 9.17) is 0 Å². The summed E-state index contributed by atoms with van der Waals surface area (Å²) in [4.78, 5) is 28.6. The number of urea groups is 1. The van der Waals surface area contributed by atoms with Crippen LogP contribution in [0, 0.1) is 0 Å². The van der Waals surface area contributed by atoms with Gasteiger partial charge >= 0.3 is 6.03 Å². The molecule has 0 unspecified atom stereocenters. The van der Waals surface area contributed by atoms with Gasteiger partial charge in [0.1, 0.15) is 0 Å². The van der Waals surface area contributed by atoms with Crippen LogP contribution < -0.4 is 10.9 Å². The van der Waals surface area contributed by atoms with Crippen molar-refractivity contribution in [3.05, 3.63) is 52.8 Å². The van der Waals surface area contributed by atoms with E-state index in [0.29, 0.717) is 19.1 Å². The van der Waals surface area contributed by atoms with Gasteiger partial charge in [0.25, 0.3) is 5.56 Å². The Balaban J connectivity index is 1.53. The summed E-state index contributed by atoms with van der Waals surface area (Å²) in [5, 5.41) is 7.31. The first-order chi connectivity index (χ1) is 13.0. The predicted molar refractivity (Wildman–Crippen MR) is 106 cm³/mol. The number of carbonyl (C=O) groups excluding carboxylic acids is 1. The Labute approximate surface area is 159 Å². The molecule has 1 aliphatic heterocycles. The third-order valence-electron chi connectivity index (χ3n) is 4.87. The van der Waals surface area contributed by atoms with Gasteiger partial charge in [0.2, 0.25) is 0 Å². The molecule has 3 rings (SSSR count). The number of piperazine rings is 1. The SMILES string of the molecule is CC(C)N1CCN(C(=O)NCCn2nc(-c3ccccc3)ccc2=O)CC1. The largest absolute Gasteiger partial charge is 0.336 e. The molecule has 27 heavy (non-hydrogen) atoms. The fourth-order valence-electron chi connectivity index (χ4n) is 3.19. The van der Waals surface area contributed by atoms with Gasteiger partial charge in [0.05, 0.1) is 12.2 Å². The molecule has 1 saturated heterocycles. The first-order valence-corrected chi connectivity index (χ1v) is 9.45. The van der Waals surface area contributed by atoms with Gasteiger partial charge in [0.15, 0.2) is 0 Å². The molecule has 0 atom stereocenters. The molecule has 2 aromatic rings. The minimum atomic E-state index is -0.172. The average molecular weight is 369 g/mol. The van der Waals surface area contributed by atoms with Gasteiger partial charge in [-0.2, -0.15) is 5.10 Å². The van der Waals surface area contributed by atoms with E-state index in [2.05, 4.69) is 29.2 Å². The van der Waals surface area contributed by atoms with Crippen LogP contribution in [0.4, 0.5) is 4.79 Å². The molecule has 7 nitrogen and oxygen atoms in total. The van der Waals surface area contributed by atoms with Crippen LogP contribution >= 0.6 is 0 Å². The van der Waals surface area contributed by atoms with Crippen LogP contribution in [0.2, 0.25) is 0 Å². The van der Waals surface area contributed by atoms with Crippen molar-refractivity contribution in [3.63, 3.8) is 0 Å². The van der Waals surface area contributed by atoms with Crippen molar-refractivity contribution in [1.82, 2.24) is 24.9 Å². The van der Waals surface area contributed by atoms with Crippen LogP contribution in [0.25, 0.3) is 11.3 Å². The lowest BCUT2D eigenvalue weighted by Gasteiger charge is -2.36. The molecule has 1 aliphatic rings. The van der Waals surface area contributed by atoms with Crippen LogP contribution in [-0.2, 0) is 6.54 Å². The molecular formula is C20H27N5O2. The van der Waals surface area contributed by atoms with E-state index >= 15 is 0 Å². The van der Waals surface area contributed by atoms with Gasteiger partial charge in [-0.1, -0.05) is 30.3 Å². The summed E-state index contributed by atoms with van der Waals surface area (Å²) >= 11 is 0. The lowest BCUT2D eigenvalue weighted by atomic mass is 10.1. The minimum absolute atomic E-state index is 0.0781. The summed E-state index contributed by atoms with van der Waals surface area (Å²) in [6.45, 7) is 8.30. The van der Waals surface area contributed by atoms with Gasteiger partial charge in [-0.3, -0.25) is 9.69 Å². The lowest BCUT2D eigenvalue weighted by Crippen LogP contribution is -2.53. The van der Waals surface area contributed by atoms with Crippen molar-refractivity contribution in [3.8, 4) is 11.3 Å². The number of aromatic nitrogens is 2. The zero-order valence-corrected chi connectivity index (χ0v) is 16.0. The summed E-state index contributed by atoms with van der Waals surface area (Å²) in [7, 11) is 0. The van der Waals surface area contributed by atoms with Gasteiger partial charge in [-0.15, -0.1) is 0 Å². The standard InChI is InChI=1S/C20H27N5O2/c1-16(2)23-12-14-24(15-13-23)20(27)21-10-11-25-19(26)9-8-18(22-25)17-6-4-3-5-7-17/h3-9,16H,10-15H2,1-2H3,(H,21,27). The molecule has 7 heteroatoms. The first kappa shape index (κ1) is 19.1. The Hall–Kier alpha value is -2.67. The van der Waals surface area contributed by atoms with E-state index in [-0.39, 0.29) is 11.6 Å². The highest BCUT2D eigenvalue weighted by Crippen LogP contribution is 2.13. The van der Waals surface area contributed by atoms with Crippen molar-refractivity contribution >= 4 is 6.03 Å². The molecule has 144 valence electrons. The summed E-state index contributed by atoms with van der Waals surface area (Å²) in [6.07, 6.45) is 0. The van der Waals surface area contributed by atoms with E-state index in [1.54, 1.807) is 6.07 Å². The zero-order chi connectivity index (χ0) is 19.2. The Kier molecular flexibility index (Phi) is 6.24. The highest BCUT2D eigenvalue weighted by molar-refractivity contribution is 5.74. The number of rotatable bonds is 5. The Morgan fingerprint density at radius 3 is 2.44 bits per heavy atom. The van der Waals surface area contributed by atoms with Crippen molar-refractivity contribution in [2.24, 2.45) is 0 Å². The number of amides is 2. The maximum absolute atomic E-state index is 12.3. The van der Waals surface area contributed by atoms with Crippen LogP contribution in [0.5, 0.6) is 0 Å². The minimum Gasteiger partial charge on any atom is -0.336 e. The van der Waals surface area contributed by atoms with E-state index in [1.165, 1.54) is 10.7 Å². The second-order valence-corrected chi connectivity index (χ2v) is 6.99. The summed E-state index contributed by atoms with van der Waals surface area (Å²) in [5.74, 6) is 0. The quantitative estimate of drug-likeness (QED) is 0.870. The number of hydrogen-bond donors (Lipinski definition) is 1. The number of hydrogen-bond acceptors (Lipinski definition) is 4. The van der Waals surface area contributed by atoms with Crippen molar-refractivity contribution in [2.45, 2.75) is 26.4 Å². The van der Waals surface area contributed by atoms with Crippen molar-refractivity contribution in [2.75, 3.05) is 32.7 Å². The Morgan fingerprint density at radius 1 is 1.07 bits per heavy atom. The second-order valence-electron chi connectivity index (χ2n) is 6.99. The molecule has 2 heterocycles. The molecule has 1 fully saturated rings. The molecule has 0 saturated carbocycles. The van der Waals surface area contributed by atoms with Crippen molar-refractivity contribution < 1.29 is 4.79 Å². The Bertz CT molecular complexity index is 811. The monoisotopic (exact) mass is 369 g/mol. The van der Waals surface area contributed by atoms with Gasteiger partial charge in [-0.25, -0.2) is 9.48 Å². The Morgan fingerprint density at radius 2 is 1.78 bits per heavy atom. The van der Waals surface area contributed by atoms with Crippen LogP contribution in [0.1, 0.15) is 13.8 Å². The smallest absolute Gasteiger partial charge is 0.317 e. The first-order valence-electron chi connectivity index (χ1n) is 9.45. The highest BCUT2D eigenvalue weighted by atomic mass is 16.2. The van der Waals surface area contributed by atoms with E-state index in [9.17, 15) is 9.59 Å². The number of nitrogens with one attached hydrogen (secondary N) is 1. The molecule has 0 aliphatic carbocycles. The molecule has 1 aromatic carbocycles. The van der Waals surface area contributed by atoms with Gasteiger partial charge < -0.3 is 10.2 Å². The normalized spacial score (nSPS) is 15.1. The molecule has 0 spiro atoms. The maximum atomic E-state index is 12.3. The van der Waals surface area contributed by atoms with E-state index in [0.717, 1.165) is 37.4 Å². The van der Waals surface area contributed by atoms with E-state index in [1.807, 2.05) is 35.2 Å².